The van der Waals surface area contributed by atoms with Crippen molar-refractivity contribution in [2.24, 2.45) is 0 Å². The number of hydrogen-bond donors (Lipinski definition) is 1. The maximum absolute atomic E-state index is 13.7. The number of carbonyl (C=O) groups excluding carboxylic acids is 1. The molecular formula is C25H26N4O3S. The lowest BCUT2D eigenvalue weighted by Crippen LogP contribution is -2.33. The first-order valence-electron chi connectivity index (χ1n) is 11.2. The summed E-state index contributed by atoms with van der Waals surface area (Å²) >= 11 is 1.31. The molecule has 33 heavy (non-hydrogen) atoms. The number of likely N-dealkylation sites (tertiary alicyclic amines) is 1. The molecule has 1 fully saturated rings. The van der Waals surface area contributed by atoms with E-state index >= 15 is 0 Å². The molecule has 2 aromatic heterocycles. The number of carbonyl (C=O) groups is 1. The van der Waals surface area contributed by atoms with E-state index in [9.17, 15) is 9.59 Å². The maximum atomic E-state index is 13.7. The minimum atomic E-state index is -0.200. The Hall–Kier alpha value is -3.26. The number of thioether (sulfide) groups is 1. The fraction of sp³-hybridized carbons (Fsp3) is 0.320. The second-order valence-corrected chi connectivity index (χ2v) is 9.16. The molecule has 1 amide bonds. The SMILES string of the molecule is COc1cccc(-n2c(SCC(=O)N3CCCCCC3)nc3c([nH]c4ccccc43)c2=O)c1. The van der Waals surface area contributed by atoms with Crippen LogP contribution in [-0.2, 0) is 4.79 Å². The van der Waals surface area contributed by atoms with Crippen LogP contribution in [0.25, 0.3) is 27.6 Å². The number of para-hydroxylation sites is 1. The molecule has 3 heterocycles. The Labute approximate surface area is 195 Å². The van der Waals surface area contributed by atoms with Gasteiger partial charge in [0.2, 0.25) is 5.91 Å². The molecular weight excluding hydrogens is 436 g/mol. The zero-order valence-corrected chi connectivity index (χ0v) is 19.4. The van der Waals surface area contributed by atoms with E-state index in [4.69, 9.17) is 9.72 Å². The highest BCUT2D eigenvalue weighted by Crippen LogP contribution is 2.27. The van der Waals surface area contributed by atoms with Crippen molar-refractivity contribution >= 4 is 39.6 Å². The van der Waals surface area contributed by atoms with Crippen LogP contribution in [0.1, 0.15) is 25.7 Å². The van der Waals surface area contributed by atoms with Crippen LogP contribution in [0.2, 0.25) is 0 Å². The maximum Gasteiger partial charge on any atom is 0.283 e. The molecule has 0 bridgehead atoms. The van der Waals surface area contributed by atoms with Crippen LogP contribution in [-0.4, -0.2) is 51.3 Å². The minimum absolute atomic E-state index is 0.0902. The molecule has 0 spiro atoms. The first-order valence-corrected chi connectivity index (χ1v) is 12.2. The minimum Gasteiger partial charge on any atom is -0.497 e. The Bertz CT molecular complexity index is 1370. The average molecular weight is 463 g/mol. The van der Waals surface area contributed by atoms with Crippen LogP contribution >= 0.6 is 11.8 Å². The van der Waals surface area contributed by atoms with Crippen molar-refractivity contribution in [3.05, 3.63) is 58.9 Å². The number of fused-ring (bicyclic) bond motifs is 3. The van der Waals surface area contributed by atoms with Gasteiger partial charge < -0.3 is 14.6 Å². The molecule has 8 heteroatoms. The first kappa shape index (κ1) is 21.6. The normalized spacial score (nSPS) is 14.5. The van der Waals surface area contributed by atoms with E-state index in [1.165, 1.54) is 24.6 Å². The van der Waals surface area contributed by atoms with Crippen LogP contribution in [0.5, 0.6) is 5.75 Å². The van der Waals surface area contributed by atoms with Gasteiger partial charge in [0.1, 0.15) is 16.8 Å². The summed E-state index contributed by atoms with van der Waals surface area (Å²) in [5.41, 5.74) is 2.38. The lowest BCUT2D eigenvalue weighted by molar-refractivity contribution is -0.128. The molecule has 0 saturated carbocycles. The molecule has 5 rings (SSSR count). The number of nitrogens with zero attached hydrogens (tertiary/aromatic N) is 3. The van der Waals surface area contributed by atoms with Gasteiger partial charge in [0.05, 0.1) is 18.6 Å². The second kappa shape index (κ2) is 9.31. The van der Waals surface area contributed by atoms with Crippen molar-refractivity contribution in [2.45, 2.75) is 30.8 Å². The number of rotatable bonds is 5. The molecule has 1 aliphatic heterocycles. The molecule has 1 N–H and O–H groups in total. The Morgan fingerprint density at radius 2 is 1.88 bits per heavy atom. The largest absolute Gasteiger partial charge is 0.497 e. The molecule has 0 radical (unpaired) electrons. The van der Waals surface area contributed by atoms with Gasteiger partial charge in [-0.15, -0.1) is 0 Å². The Morgan fingerprint density at radius 3 is 2.67 bits per heavy atom. The number of aromatic amines is 1. The fourth-order valence-corrected chi connectivity index (χ4v) is 5.26. The number of nitrogens with one attached hydrogen (secondary N) is 1. The summed E-state index contributed by atoms with van der Waals surface area (Å²) in [6.45, 7) is 1.61. The zero-order valence-electron chi connectivity index (χ0n) is 18.5. The quantitative estimate of drug-likeness (QED) is 0.352. The second-order valence-electron chi connectivity index (χ2n) is 8.21. The van der Waals surface area contributed by atoms with Crippen LogP contribution in [0, 0.1) is 0 Å². The van der Waals surface area contributed by atoms with Gasteiger partial charge >= 0.3 is 0 Å². The number of ether oxygens (including phenoxy) is 1. The van der Waals surface area contributed by atoms with Crippen molar-refractivity contribution in [3.8, 4) is 11.4 Å². The highest BCUT2D eigenvalue weighted by atomic mass is 32.2. The van der Waals surface area contributed by atoms with E-state index in [2.05, 4.69) is 4.98 Å². The molecule has 0 atom stereocenters. The van der Waals surface area contributed by atoms with Gasteiger partial charge in [-0.3, -0.25) is 14.2 Å². The van der Waals surface area contributed by atoms with Gasteiger partial charge in [-0.25, -0.2) is 4.98 Å². The smallest absolute Gasteiger partial charge is 0.283 e. The summed E-state index contributed by atoms with van der Waals surface area (Å²) < 4.78 is 6.94. The zero-order chi connectivity index (χ0) is 22.8. The van der Waals surface area contributed by atoms with E-state index in [1.54, 1.807) is 17.7 Å². The predicted molar refractivity (Wildman–Crippen MR) is 132 cm³/mol. The molecule has 0 unspecified atom stereocenters. The van der Waals surface area contributed by atoms with E-state index in [0.29, 0.717) is 27.6 Å². The van der Waals surface area contributed by atoms with Gasteiger partial charge in [-0.1, -0.05) is 48.9 Å². The van der Waals surface area contributed by atoms with Crippen LogP contribution in [0.15, 0.2) is 58.5 Å². The fourth-order valence-electron chi connectivity index (χ4n) is 4.35. The Morgan fingerprint density at radius 1 is 1.09 bits per heavy atom. The van der Waals surface area contributed by atoms with Gasteiger partial charge in [0.25, 0.3) is 5.56 Å². The topological polar surface area (TPSA) is 80.2 Å². The highest BCUT2D eigenvalue weighted by Gasteiger charge is 2.20. The van der Waals surface area contributed by atoms with E-state index in [1.807, 2.05) is 47.4 Å². The molecule has 7 nitrogen and oxygen atoms in total. The lowest BCUT2D eigenvalue weighted by Gasteiger charge is -2.20. The third kappa shape index (κ3) is 4.23. The van der Waals surface area contributed by atoms with Crippen molar-refractivity contribution in [3.63, 3.8) is 0 Å². The number of aromatic nitrogens is 3. The predicted octanol–water partition coefficient (Wildman–Crippen LogP) is 4.37. The Balaban J connectivity index is 1.59. The molecule has 4 aromatic rings. The van der Waals surface area contributed by atoms with Crippen molar-refractivity contribution in [1.29, 1.82) is 0 Å². The van der Waals surface area contributed by atoms with Crippen LogP contribution in [0.4, 0.5) is 0 Å². The number of H-pyrrole nitrogens is 1. The molecule has 2 aromatic carbocycles. The van der Waals surface area contributed by atoms with Gasteiger partial charge in [-0.05, 0) is 31.0 Å². The van der Waals surface area contributed by atoms with Gasteiger partial charge in [0.15, 0.2) is 5.16 Å². The van der Waals surface area contributed by atoms with Crippen LogP contribution in [0.3, 0.4) is 0 Å². The monoisotopic (exact) mass is 462 g/mol. The van der Waals surface area contributed by atoms with Crippen molar-refractivity contribution in [1.82, 2.24) is 19.4 Å². The molecule has 1 saturated heterocycles. The van der Waals surface area contributed by atoms with Gasteiger partial charge in [-0.2, -0.15) is 0 Å². The summed E-state index contributed by atoms with van der Waals surface area (Å²) in [5.74, 6) is 0.977. The number of methoxy groups -OCH3 is 1. The number of benzene rings is 2. The average Bonchev–Trinajstić information content (AvgIpc) is 3.01. The van der Waals surface area contributed by atoms with E-state index in [-0.39, 0.29) is 17.2 Å². The third-order valence-corrected chi connectivity index (χ3v) is 7.01. The first-order chi connectivity index (χ1) is 16.2. The summed E-state index contributed by atoms with van der Waals surface area (Å²) in [7, 11) is 1.59. The Kier molecular flexibility index (Phi) is 6.09. The molecule has 1 aliphatic rings. The van der Waals surface area contributed by atoms with Crippen molar-refractivity contribution < 1.29 is 9.53 Å². The highest BCUT2D eigenvalue weighted by molar-refractivity contribution is 7.99. The standard InChI is InChI=1S/C25H26N4O3S/c1-32-18-10-8-9-17(15-18)29-24(31)23-22(19-11-4-5-12-20(19)26-23)27-25(29)33-16-21(30)28-13-6-2-3-7-14-28/h4-5,8-12,15,26H,2-3,6-7,13-14,16H2,1H3. The van der Waals surface area contributed by atoms with Crippen molar-refractivity contribution in [2.75, 3.05) is 26.0 Å². The third-order valence-electron chi connectivity index (χ3n) is 6.09. The number of hydrogen-bond acceptors (Lipinski definition) is 5. The summed E-state index contributed by atoms with van der Waals surface area (Å²) in [5, 5.41) is 1.39. The summed E-state index contributed by atoms with van der Waals surface area (Å²) in [4.78, 5) is 36.6. The van der Waals surface area contributed by atoms with E-state index in [0.717, 1.165) is 36.8 Å². The molecule has 0 aliphatic carbocycles. The summed E-state index contributed by atoms with van der Waals surface area (Å²) in [6, 6.07) is 15.1. The molecule has 170 valence electrons. The van der Waals surface area contributed by atoms with Crippen LogP contribution < -0.4 is 10.3 Å². The summed E-state index contributed by atoms with van der Waals surface area (Å²) in [6.07, 6.45) is 4.44. The van der Waals surface area contributed by atoms with Gasteiger partial charge in [0, 0.05) is 30.1 Å². The lowest BCUT2D eigenvalue weighted by atomic mass is 10.2. The van der Waals surface area contributed by atoms with E-state index < -0.39 is 0 Å². The number of amides is 1.